The number of carbonyl (C=O) groups is 4. The van der Waals surface area contributed by atoms with Gasteiger partial charge in [-0.05, 0) is 0 Å². The van der Waals surface area contributed by atoms with Crippen LogP contribution in [-0.4, -0.2) is 62.2 Å². The third-order valence-corrected chi connectivity index (χ3v) is 1.54. The maximum atomic E-state index is 10.9. The molecule has 0 saturated carbocycles. The van der Waals surface area contributed by atoms with E-state index in [9.17, 15) is 24.3 Å². The zero-order chi connectivity index (χ0) is 12.9. The standard InChI is InChI=1S/C8H10O8.Al.3H/c1-4(9)16-6(12)3-8(15,7(13)14)2-5(10)11;;;;/h15H,2-3H2,1H3,(H,10,11)(H,13,14);;;;. The first-order valence-corrected chi connectivity index (χ1v) is 4.06. The van der Waals surface area contributed by atoms with Crippen molar-refractivity contribution in [2.24, 2.45) is 0 Å². The molecular formula is C8H13AlO8. The predicted octanol–water partition coefficient (Wildman–Crippen LogP) is -2.43. The Morgan fingerprint density at radius 1 is 1.12 bits per heavy atom. The Hall–Kier alpha value is -1.43. The molecule has 3 N–H and O–H groups in total. The highest BCUT2D eigenvalue weighted by molar-refractivity contribution is 5.91. The zero-order valence-corrected chi connectivity index (χ0v) is 8.30. The average Bonchev–Trinajstić information content (AvgIpc) is 1.98. The molecule has 0 aromatic carbocycles. The third-order valence-electron chi connectivity index (χ3n) is 1.54. The monoisotopic (exact) mass is 264 g/mol. The molecular weight excluding hydrogens is 251 g/mol. The molecule has 0 saturated heterocycles. The van der Waals surface area contributed by atoms with Gasteiger partial charge in [0.05, 0.1) is 12.8 Å². The summed E-state index contributed by atoms with van der Waals surface area (Å²) in [7, 11) is 0. The largest absolute Gasteiger partial charge is 0.481 e. The highest BCUT2D eigenvalue weighted by Crippen LogP contribution is 2.16. The van der Waals surface area contributed by atoms with E-state index in [2.05, 4.69) is 4.74 Å². The van der Waals surface area contributed by atoms with Crippen molar-refractivity contribution in [3.63, 3.8) is 0 Å². The van der Waals surface area contributed by atoms with Gasteiger partial charge in [0.2, 0.25) is 0 Å². The minimum absolute atomic E-state index is 0. The first-order valence-electron chi connectivity index (χ1n) is 4.06. The number of aliphatic carboxylic acids is 2. The lowest BCUT2D eigenvalue weighted by Gasteiger charge is -2.19. The molecule has 0 aliphatic heterocycles. The van der Waals surface area contributed by atoms with Crippen LogP contribution in [0, 0.1) is 0 Å². The fourth-order valence-corrected chi connectivity index (χ4v) is 0.899. The van der Waals surface area contributed by atoms with E-state index in [4.69, 9.17) is 10.2 Å². The normalized spacial score (nSPS) is 12.8. The predicted molar refractivity (Wildman–Crippen MR) is 56.2 cm³/mol. The van der Waals surface area contributed by atoms with Gasteiger partial charge >= 0.3 is 23.9 Å². The number of ether oxygens (including phenoxy) is 1. The van der Waals surface area contributed by atoms with Gasteiger partial charge in [-0.3, -0.25) is 14.4 Å². The highest BCUT2D eigenvalue weighted by atomic mass is 27.0. The van der Waals surface area contributed by atoms with Crippen molar-refractivity contribution in [2.75, 3.05) is 0 Å². The Balaban J connectivity index is 0. The molecule has 0 aliphatic rings. The second kappa shape index (κ2) is 7.01. The van der Waals surface area contributed by atoms with E-state index in [0.717, 1.165) is 6.92 Å². The first kappa shape index (κ1) is 18.0. The summed E-state index contributed by atoms with van der Waals surface area (Å²) in [6.07, 6.45) is -2.29. The van der Waals surface area contributed by atoms with E-state index in [1.54, 1.807) is 0 Å². The van der Waals surface area contributed by atoms with Crippen LogP contribution in [0.2, 0.25) is 0 Å². The van der Waals surface area contributed by atoms with Crippen LogP contribution in [0.1, 0.15) is 19.8 Å². The first-order chi connectivity index (χ1) is 7.17. The fourth-order valence-electron chi connectivity index (χ4n) is 0.899. The third kappa shape index (κ3) is 6.68. The van der Waals surface area contributed by atoms with Crippen LogP contribution >= 0.6 is 0 Å². The molecule has 9 heteroatoms. The number of carboxylic acid groups (broad SMARTS) is 2. The van der Waals surface area contributed by atoms with E-state index < -0.39 is 42.3 Å². The summed E-state index contributed by atoms with van der Waals surface area (Å²) in [6, 6.07) is 0. The molecule has 0 spiro atoms. The smallest absolute Gasteiger partial charge is 0.336 e. The van der Waals surface area contributed by atoms with Crippen molar-refractivity contribution in [3.8, 4) is 0 Å². The number of hydrogen-bond donors (Lipinski definition) is 3. The van der Waals surface area contributed by atoms with E-state index in [1.165, 1.54) is 0 Å². The minimum atomic E-state index is -2.78. The second-order valence-electron chi connectivity index (χ2n) is 3.05. The van der Waals surface area contributed by atoms with Gasteiger partial charge < -0.3 is 20.1 Å². The van der Waals surface area contributed by atoms with Gasteiger partial charge in [0.15, 0.2) is 23.0 Å². The second-order valence-corrected chi connectivity index (χ2v) is 3.05. The minimum Gasteiger partial charge on any atom is -0.481 e. The van der Waals surface area contributed by atoms with Gasteiger partial charge in [-0.1, -0.05) is 0 Å². The summed E-state index contributed by atoms with van der Waals surface area (Å²) < 4.78 is 3.98. The highest BCUT2D eigenvalue weighted by Gasteiger charge is 2.41. The molecule has 1 unspecified atom stereocenters. The van der Waals surface area contributed by atoms with Crippen LogP contribution in [-0.2, 0) is 23.9 Å². The summed E-state index contributed by atoms with van der Waals surface area (Å²) >= 11 is 0. The van der Waals surface area contributed by atoms with E-state index in [-0.39, 0.29) is 17.4 Å². The van der Waals surface area contributed by atoms with Gasteiger partial charge in [-0.15, -0.1) is 0 Å². The van der Waals surface area contributed by atoms with Crippen molar-refractivity contribution >= 4 is 41.2 Å². The molecule has 0 bridgehead atoms. The van der Waals surface area contributed by atoms with Crippen LogP contribution in [0.4, 0.5) is 0 Å². The van der Waals surface area contributed by atoms with Gasteiger partial charge in [0.25, 0.3) is 0 Å². The topological polar surface area (TPSA) is 138 Å². The average molecular weight is 264 g/mol. The van der Waals surface area contributed by atoms with Crippen molar-refractivity contribution in [1.29, 1.82) is 0 Å². The van der Waals surface area contributed by atoms with Crippen molar-refractivity contribution in [2.45, 2.75) is 25.4 Å². The van der Waals surface area contributed by atoms with Crippen molar-refractivity contribution < 1.29 is 39.2 Å². The molecule has 8 nitrogen and oxygen atoms in total. The summed E-state index contributed by atoms with van der Waals surface area (Å²) in [5.41, 5.74) is -2.78. The fraction of sp³-hybridized carbons (Fsp3) is 0.500. The van der Waals surface area contributed by atoms with E-state index in [0.29, 0.717) is 0 Å². The van der Waals surface area contributed by atoms with Crippen LogP contribution < -0.4 is 0 Å². The zero-order valence-electron chi connectivity index (χ0n) is 8.30. The molecule has 0 aliphatic carbocycles. The SMILES string of the molecule is CC(=O)OC(=O)CC(O)(CC(=O)O)C(=O)O.[AlH3]. The molecule has 0 radical (unpaired) electrons. The number of carbonyl (C=O) groups excluding carboxylic acids is 2. The van der Waals surface area contributed by atoms with E-state index >= 15 is 0 Å². The number of carboxylic acids is 2. The lowest BCUT2D eigenvalue weighted by atomic mass is 9.96. The quantitative estimate of drug-likeness (QED) is 0.283. The van der Waals surface area contributed by atoms with Gasteiger partial charge in [-0.25, -0.2) is 4.79 Å². The van der Waals surface area contributed by atoms with Gasteiger partial charge in [0.1, 0.15) is 0 Å². The van der Waals surface area contributed by atoms with E-state index in [1.807, 2.05) is 0 Å². The number of hydrogen-bond acceptors (Lipinski definition) is 6. The summed E-state index contributed by atoms with van der Waals surface area (Å²) in [5, 5.41) is 26.3. The molecule has 96 valence electrons. The van der Waals surface area contributed by atoms with Gasteiger partial charge in [-0.2, -0.15) is 0 Å². The molecule has 0 aromatic heterocycles. The number of aliphatic hydroxyl groups is 1. The number of rotatable bonds is 5. The Kier molecular flexibility index (Phi) is 7.40. The lowest BCUT2D eigenvalue weighted by molar-refractivity contribution is -0.174. The maximum absolute atomic E-state index is 10.9. The number of esters is 2. The summed E-state index contributed by atoms with van der Waals surface area (Å²) in [4.78, 5) is 42.1. The molecule has 1 atom stereocenters. The Morgan fingerprint density at radius 2 is 1.59 bits per heavy atom. The molecule has 0 heterocycles. The van der Waals surface area contributed by atoms with Crippen molar-refractivity contribution in [3.05, 3.63) is 0 Å². The summed E-state index contributed by atoms with van der Waals surface area (Å²) in [5.74, 6) is -5.76. The molecule has 0 fully saturated rings. The van der Waals surface area contributed by atoms with Crippen LogP contribution in [0.5, 0.6) is 0 Å². The van der Waals surface area contributed by atoms with Crippen LogP contribution in [0.3, 0.4) is 0 Å². The Bertz CT molecular complexity index is 338. The lowest BCUT2D eigenvalue weighted by Crippen LogP contribution is -2.43. The molecule has 17 heavy (non-hydrogen) atoms. The van der Waals surface area contributed by atoms with Crippen LogP contribution in [0.25, 0.3) is 0 Å². The van der Waals surface area contributed by atoms with Crippen molar-refractivity contribution in [1.82, 2.24) is 0 Å². The van der Waals surface area contributed by atoms with Gasteiger partial charge in [0, 0.05) is 6.92 Å². The molecule has 0 aromatic rings. The Morgan fingerprint density at radius 3 is 1.88 bits per heavy atom. The summed E-state index contributed by atoms with van der Waals surface area (Å²) in [6.45, 7) is 0.912. The molecule has 0 rings (SSSR count). The molecule has 0 amide bonds. The van der Waals surface area contributed by atoms with Crippen LogP contribution in [0.15, 0.2) is 0 Å². The maximum Gasteiger partial charge on any atom is 0.336 e. The Labute approximate surface area is 106 Å².